The van der Waals surface area contributed by atoms with Gasteiger partial charge in [0, 0.05) is 23.7 Å². The van der Waals surface area contributed by atoms with Gasteiger partial charge in [0.2, 0.25) is 17.7 Å². The van der Waals surface area contributed by atoms with Gasteiger partial charge in [0.05, 0.1) is 12.6 Å². The summed E-state index contributed by atoms with van der Waals surface area (Å²) in [4.78, 5) is 51.3. The average molecular weight is 518 g/mol. The van der Waals surface area contributed by atoms with Crippen molar-refractivity contribution in [1.82, 2.24) is 10.2 Å². The van der Waals surface area contributed by atoms with Gasteiger partial charge in [0.15, 0.2) is 0 Å². The van der Waals surface area contributed by atoms with E-state index in [0.717, 1.165) is 6.42 Å². The lowest BCUT2D eigenvalue weighted by Gasteiger charge is -2.35. The number of aryl methyl sites for hydroxylation is 2. The number of carboxylic acids is 1. The van der Waals surface area contributed by atoms with Crippen molar-refractivity contribution in [3.8, 4) is 6.07 Å². The molecular weight excluding hydrogens is 486 g/mol. The molecule has 0 spiro atoms. The van der Waals surface area contributed by atoms with Gasteiger partial charge in [0.1, 0.15) is 11.5 Å². The number of carbonyl (C=O) groups is 4. The molecule has 1 heterocycles. The van der Waals surface area contributed by atoms with E-state index in [-0.39, 0.29) is 30.0 Å². The Labute approximate surface area is 220 Å². The Bertz CT molecular complexity index is 1280. The molecule has 1 aliphatic heterocycles. The van der Waals surface area contributed by atoms with E-state index >= 15 is 0 Å². The summed E-state index contributed by atoms with van der Waals surface area (Å²) in [5.74, 6) is -2.52. The van der Waals surface area contributed by atoms with Crippen molar-refractivity contribution in [2.24, 2.45) is 11.5 Å². The second-order valence-corrected chi connectivity index (χ2v) is 10.0. The lowest BCUT2D eigenvalue weighted by atomic mass is 9.68. The van der Waals surface area contributed by atoms with Gasteiger partial charge >= 0.3 is 5.97 Å². The quantitative estimate of drug-likeness (QED) is 0.406. The summed E-state index contributed by atoms with van der Waals surface area (Å²) in [5.41, 5.74) is 12.4. The summed E-state index contributed by atoms with van der Waals surface area (Å²) in [5, 5.41) is 23.3. The predicted octanol–water partition coefficient (Wildman–Crippen LogP) is 1.24. The predicted molar refractivity (Wildman–Crippen MR) is 138 cm³/mol. The van der Waals surface area contributed by atoms with E-state index in [1.54, 1.807) is 29.2 Å². The summed E-state index contributed by atoms with van der Waals surface area (Å²) in [7, 11) is 0. The zero-order chi connectivity index (χ0) is 27.6. The first-order chi connectivity index (χ1) is 18.1. The Morgan fingerprint density at radius 3 is 2.11 bits per heavy atom. The van der Waals surface area contributed by atoms with Crippen molar-refractivity contribution >= 4 is 23.7 Å². The molecule has 2 atom stereocenters. The topological polar surface area (TPSA) is 180 Å². The van der Waals surface area contributed by atoms with E-state index in [0.29, 0.717) is 48.1 Å². The van der Waals surface area contributed by atoms with E-state index < -0.39 is 35.3 Å². The van der Waals surface area contributed by atoms with E-state index in [9.17, 15) is 29.5 Å². The van der Waals surface area contributed by atoms with Crippen LogP contribution in [0.15, 0.2) is 36.4 Å². The number of fused-ring (bicyclic) bond motifs is 2. The second kappa shape index (κ2) is 10.6. The second-order valence-electron chi connectivity index (χ2n) is 10.0. The van der Waals surface area contributed by atoms with Crippen molar-refractivity contribution < 1.29 is 24.3 Å². The van der Waals surface area contributed by atoms with Crippen LogP contribution < -0.4 is 16.8 Å². The van der Waals surface area contributed by atoms with Gasteiger partial charge in [0.25, 0.3) is 0 Å². The first-order valence-electron chi connectivity index (χ1n) is 12.6. The number of nitriles is 1. The molecule has 1 unspecified atom stereocenters. The molecule has 1 fully saturated rings. The van der Waals surface area contributed by atoms with Gasteiger partial charge in [-0.3, -0.25) is 19.2 Å². The molecule has 10 heteroatoms. The number of carboxylic acid groups (broad SMARTS) is 1. The summed E-state index contributed by atoms with van der Waals surface area (Å²) in [6.45, 7) is 2.30. The molecule has 1 aliphatic carbocycles. The molecular formula is C28H31N5O5. The largest absolute Gasteiger partial charge is 0.480 e. The summed E-state index contributed by atoms with van der Waals surface area (Å²) in [6, 6.07) is 10.9. The minimum absolute atomic E-state index is 0.0318. The fourth-order valence-corrected chi connectivity index (χ4v) is 5.79. The number of rotatable bonds is 8. The molecule has 2 aromatic rings. The Kier molecular flexibility index (Phi) is 7.51. The van der Waals surface area contributed by atoms with Gasteiger partial charge in [-0.1, -0.05) is 12.1 Å². The molecule has 1 saturated heterocycles. The van der Waals surface area contributed by atoms with E-state index in [1.165, 1.54) is 12.1 Å². The van der Waals surface area contributed by atoms with Gasteiger partial charge in [-0.15, -0.1) is 0 Å². The Hall–Kier alpha value is -4.23. The number of aliphatic carboxylic acids is 1. The third kappa shape index (κ3) is 4.85. The Balaban J connectivity index is 1.74. The number of carbonyl (C=O) groups excluding carboxylic acids is 3. The van der Waals surface area contributed by atoms with Crippen LogP contribution in [0.2, 0.25) is 0 Å². The van der Waals surface area contributed by atoms with E-state index in [2.05, 4.69) is 11.4 Å². The minimum atomic E-state index is -1.54. The van der Waals surface area contributed by atoms with Crippen LogP contribution in [0.1, 0.15) is 69.2 Å². The van der Waals surface area contributed by atoms with Crippen molar-refractivity contribution in [2.45, 2.75) is 56.5 Å². The van der Waals surface area contributed by atoms with Crippen LogP contribution >= 0.6 is 0 Å². The van der Waals surface area contributed by atoms with Crippen LogP contribution in [0.3, 0.4) is 0 Å². The maximum Gasteiger partial charge on any atom is 0.318 e. The van der Waals surface area contributed by atoms with Gasteiger partial charge in [-0.2, -0.15) is 5.26 Å². The number of nitrogens with zero attached hydrogens (tertiary/aromatic N) is 2. The third-order valence-corrected chi connectivity index (χ3v) is 7.66. The van der Waals surface area contributed by atoms with Gasteiger partial charge in [-0.25, -0.2) is 0 Å². The standard InChI is InChI=1S/C28H31N5O5/c1-16(32-15-24(34)33-10-2-3-21(33)14-29)13-28(27(37)38)22-8-6-19(25(30)35)11-17(22)4-5-18-12-20(26(31)36)7-9-23(18)28/h6-9,11-12,16,21,32H,2-5,10,13,15H2,1H3,(H2,30,35)(H2,31,36)(H,37,38)/t16-,21?/m0/s1. The Morgan fingerprint density at radius 2 is 1.63 bits per heavy atom. The first-order valence-corrected chi connectivity index (χ1v) is 12.6. The molecule has 198 valence electrons. The lowest BCUT2D eigenvalue weighted by Crippen LogP contribution is -2.47. The SMILES string of the molecule is C[C@@H](CC1(C(=O)O)c2ccc(C(N)=O)cc2CCc2cc(C(N)=O)ccc21)NCC(=O)N1CCCC1C#N. The molecule has 6 N–H and O–H groups in total. The summed E-state index contributed by atoms with van der Waals surface area (Å²) in [6.07, 6.45) is 2.38. The summed E-state index contributed by atoms with van der Waals surface area (Å²) < 4.78 is 0. The fourth-order valence-electron chi connectivity index (χ4n) is 5.79. The molecule has 0 saturated carbocycles. The van der Waals surface area contributed by atoms with Crippen LogP contribution in [-0.4, -0.2) is 58.9 Å². The highest BCUT2D eigenvalue weighted by atomic mass is 16.4. The van der Waals surface area contributed by atoms with Crippen LogP contribution in [0, 0.1) is 11.3 Å². The number of benzene rings is 2. The number of likely N-dealkylation sites (tertiary alicyclic amines) is 1. The van der Waals surface area contributed by atoms with Gasteiger partial charge in [-0.05, 0) is 85.5 Å². The molecule has 2 aromatic carbocycles. The molecule has 10 nitrogen and oxygen atoms in total. The monoisotopic (exact) mass is 517 g/mol. The maximum atomic E-state index is 13.2. The lowest BCUT2D eigenvalue weighted by molar-refractivity contribution is -0.142. The smallest absolute Gasteiger partial charge is 0.318 e. The first kappa shape index (κ1) is 26.8. The maximum absolute atomic E-state index is 13.2. The molecule has 2 aliphatic rings. The van der Waals surface area contributed by atoms with Crippen molar-refractivity contribution in [2.75, 3.05) is 13.1 Å². The number of nitrogens with two attached hydrogens (primary N) is 2. The normalized spacial score (nSPS) is 18.4. The number of nitrogens with one attached hydrogen (secondary N) is 1. The molecule has 0 bridgehead atoms. The molecule has 0 aromatic heterocycles. The van der Waals surface area contributed by atoms with Crippen LogP contribution in [0.5, 0.6) is 0 Å². The Morgan fingerprint density at radius 1 is 1.08 bits per heavy atom. The number of hydrogen-bond acceptors (Lipinski definition) is 6. The molecule has 0 radical (unpaired) electrons. The molecule has 3 amide bonds. The van der Waals surface area contributed by atoms with Crippen LogP contribution in [0.25, 0.3) is 0 Å². The fraction of sp³-hybridized carbons (Fsp3) is 0.393. The highest BCUT2D eigenvalue weighted by Crippen LogP contribution is 2.44. The van der Waals surface area contributed by atoms with Crippen molar-refractivity contribution in [3.63, 3.8) is 0 Å². The van der Waals surface area contributed by atoms with Gasteiger partial charge < -0.3 is 26.8 Å². The number of hydrogen-bond donors (Lipinski definition) is 4. The average Bonchev–Trinajstić information content (AvgIpc) is 3.33. The molecule has 38 heavy (non-hydrogen) atoms. The third-order valence-electron chi connectivity index (χ3n) is 7.66. The molecule has 4 rings (SSSR count). The number of amides is 3. The van der Waals surface area contributed by atoms with Crippen molar-refractivity contribution in [1.29, 1.82) is 5.26 Å². The zero-order valence-corrected chi connectivity index (χ0v) is 21.2. The number of primary amides is 2. The highest BCUT2D eigenvalue weighted by Gasteiger charge is 2.47. The van der Waals surface area contributed by atoms with Crippen LogP contribution in [-0.2, 0) is 27.8 Å². The van der Waals surface area contributed by atoms with E-state index in [4.69, 9.17) is 11.5 Å². The van der Waals surface area contributed by atoms with Crippen LogP contribution in [0.4, 0.5) is 0 Å². The van der Waals surface area contributed by atoms with Crippen molar-refractivity contribution in [3.05, 3.63) is 69.8 Å². The summed E-state index contributed by atoms with van der Waals surface area (Å²) >= 11 is 0. The highest BCUT2D eigenvalue weighted by molar-refractivity contribution is 5.95. The zero-order valence-electron chi connectivity index (χ0n) is 21.2. The minimum Gasteiger partial charge on any atom is -0.480 e. The van der Waals surface area contributed by atoms with E-state index in [1.807, 2.05) is 6.92 Å².